The molecule has 3 heteroatoms. The molecule has 88 valence electrons. The van der Waals surface area contributed by atoms with E-state index in [0.29, 0.717) is 12.6 Å². The predicted octanol–water partition coefficient (Wildman–Crippen LogP) is 1.76. The summed E-state index contributed by atoms with van der Waals surface area (Å²) in [6.07, 6.45) is 2.36. The van der Waals surface area contributed by atoms with Crippen LogP contribution in [0, 0.1) is 0 Å². The molecule has 1 saturated heterocycles. The zero-order valence-electron chi connectivity index (χ0n) is 9.86. The quantitative estimate of drug-likeness (QED) is 0.843. The molecule has 0 amide bonds. The molecule has 2 rings (SSSR count). The van der Waals surface area contributed by atoms with E-state index in [1.165, 1.54) is 17.7 Å². The van der Waals surface area contributed by atoms with Gasteiger partial charge in [0.05, 0.1) is 12.6 Å². The van der Waals surface area contributed by atoms with Crippen molar-refractivity contribution in [3.63, 3.8) is 0 Å². The third-order valence-corrected chi connectivity index (χ3v) is 3.28. The molecule has 1 unspecified atom stereocenters. The Bertz CT molecular complexity index is 334. The normalized spacial score (nSPS) is 20.8. The van der Waals surface area contributed by atoms with Gasteiger partial charge in [-0.1, -0.05) is 18.2 Å². The molecule has 1 heterocycles. The molecule has 2 N–H and O–H groups in total. The molecule has 1 aliphatic rings. The molecule has 3 nitrogen and oxygen atoms in total. The molecule has 0 spiro atoms. The number of nitrogens with zero attached hydrogens (tertiary/aromatic N) is 1. The van der Waals surface area contributed by atoms with Crippen LogP contribution >= 0.6 is 0 Å². The van der Waals surface area contributed by atoms with Crippen LogP contribution in [0.25, 0.3) is 0 Å². The van der Waals surface area contributed by atoms with Crippen molar-refractivity contribution in [2.45, 2.75) is 25.4 Å². The molecular weight excluding hydrogens is 200 g/mol. The van der Waals surface area contributed by atoms with Crippen LogP contribution in [0.15, 0.2) is 24.3 Å². The molecule has 1 aromatic rings. The average Bonchev–Trinajstić information content (AvgIpc) is 2.39. The average molecular weight is 220 g/mol. The molecule has 0 saturated carbocycles. The van der Waals surface area contributed by atoms with Gasteiger partial charge in [0.15, 0.2) is 0 Å². The van der Waals surface area contributed by atoms with Gasteiger partial charge in [0.2, 0.25) is 0 Å². The number of rotatable bonds is 3. The summed E-state index contributed by atoms with van der Waals surface area (Å²) in [5, 5.41) is 0. The summed E-state index contributed by atoms with van der Waals surface area (Å²) in [4.78, 5) is 2.31. The second-order valence-electron chi connectivity index (χ2n) is 4.31. The van der Waals surface area contributed by atoms with Crippen molar-refractivity contribution in [1.29, 1.82) is 0 Å². The molecule has 0 aromatic heterocycles. The van der Waals surface area contributed by atoms with Crippen molar-refractivity contribution in [2.75, 3.05) is 25.2 Å². The third-order valence-electron chi connectivity index (χ3n) is 3.28. The van der Waals surface area contributed by atoms with E-state index in [9.17, 15) is 0 Å². The molecule has 0 radical (unpaired) electrons. The van der Waals surface area contributed by atoms with Crippen molar-refractivity contribution in [2.24, 2.45) is 5.73 Å². The lowest BCUT2D eigenvalue weighted by Crippen LogP contribution is -2.39. The van der Waals surface area contributed by atoms with Crippen molar-refractivity contribution in [1.82, 2.24) is 0 Å². The lowest BCUT2D eigenvalue weighted by molar-refractivity contribution is 0.0806. The van der Waals surface area contributed by atoms with Gasteiger partial charge in [0, 0.05) is 25.9 Å². The first-order chi connectivity index (χ1) is 7.83. The van der Waals surface area contributed by atoms with Gasteiger partial charge in [-0.3, -0.25) is 0 Å². The Hall–Kier alpha value is -1.06. The van der Waals surface area contributed by atoms with Crippen LogP contribution in [0.2, 0.25) is 0 Å². The monoisotopic (exact) mass is 220 g/mol. The number of ether oxygens (including phenoxy) is 1. The number of anilines is 1. The Kier molecular flexibility index (Phi) is 3.80. The van der Waals surface area contributed by atoms with Gasteiger partial charge in [-0.05, 0) is 24.5 Å². The highest BCUT2D eigenvalue weighted by Crippen LogP contribution is 2.23. The van der Waals surface area contributed by atoms with Gasteiger partial charge in [0.25, 0.3) is 0 Å². The second kappa shape index (κ2) is 5.32. The van der Waals surface area contributed by atoms with E-state index in [1.54, 1.807) is 0 Å². The molecule has 1 aliphatic heterocycles. The Morgan fingerprint density at radius 1 is 1.44 bits per heavy atom. The van der Waals surface area contributed by atoms with Crippen molar-refractivity contribution < 1.29 is 4.74 Å². The van der Waals surface area contributed by atoms with Crippen molar-refractivity contribution in [3.8, 4) is 0 Å². The van der Waals surface area contributed by atoms with Crippen molar-refractivity contribution >= 4 is 5.69 Å². The summed E-state index contributed by atoms with van der Waals surface area (Å²) in [7, 11) is 2.13. The first-order valence-electron chi connectivity index (χ1n) is 5.91. The number of hydrogen-bond donors (Lipinski definition) is 1. The van der Waals surface area contributed by atoms with Crippen LogP contribution in [0.5, 0.6) is 0 Å². The number of benzene rings is 1. The van der Waals surface area contributed by atoms with E-state index in [2.05, 4.69) is 30.1 Å². The smallest absolute Gasteiger partial charge is 0.0669 e. The number of likely N-dealkylation sites (N-methyl/N-ethyl adjacent to an activating group) is 1. The van der Waals surface area contributed by atoms with Crippen LogP contribution in [-0.2, 0) is 11.3 Å². The van der Waals surface area contributed by atoms with E-state index in [-0.39, 0.29) is 0 Å². The minimum Gasteiger partial charge on any atom is -0.379 e. The van der Waals surface area contributed by atoms with Gasteiger partial charge < -0.3 is 15.4 Å². The fourth-order valence-corrected chi connectivity index (χ4v) is 2.25. The van der Waals surface area contributed by atoms with Crippen LogP contribution in [0.4, 0.5) is 5.69 Å². The van der Waals surface area contributed by atoms with E-state index in [4.69, 9.17) is 10.5 Å². The molecule has 0 aliphatic carbocycles. The Balaban J connectivity index is 2.15. The zero-order valence-corrected chi connectivity index (χ0v) is 9.86. The fourth-order valence-electron chi connectivity index (χ4n) is 2.25. The maximum Gasteiger partial charge on any atom is 0.0669 e. The minimum atomic E-state index is 0.487. The summed E-state index contributed by atoms with van der Waals surface area (Å²) >= 11 is 0. The SMILES string of the molecule is CN(c1ccccc1CN)C1CCCOC1. The highest BCUT2D eigenvalue weighted by molar-refractivity contribution is 5.53. The van der Waals surface area contributed by atoms with Gasteiger partial charge in [0.1, 0.15) is 0 Å². The largest absolute Gasteiger partial charge is 0.379 e. The van der Waals surface area contributed by atoms with E-state index in [0.717, 1.165) is 19.6 Å². The van der Waals surface area contributed by atoms with Crippen molar-refractivity contribution in [3.05, 3.63) is 29.8 Å². The number of nitrogens with two attached hydrogens (primary N) is 1. The lowest BCUT2D eigenvalue weighted by Gasteiger charge is -2.33. The highest BCUT2D eigenvalue weighted by atomic mass is 16.5. The summed E-state index contributed by atoms with van der Waals surface area (Å²) < 4.78 is 5.53. The lowest BCUT2D eigenvalue weighted by atomic mass is 10.1. The molecule has 16 heavy (non-hydrogen) atoms. The van der Waals surface area contributed by atoms with E-state index in [1.807, 2.05) is 6.07 Å². The molecule has 1 aromatic carbocycles. The Labute approximate surface area is 97.2 Å². The van der Waals surface area contributed by atoms with E-state index < -0.39 is 0 Å². The Morgan fingerprint density at radius 2 is 2.25 bits per heavy atom. The minimum absolute atomic E-state index is 0.487. The van der Waals surface area contributed by atoms with Gasteiger partial charge in [-0.15, -0.1) is 0 Å². The first kappa shape index (κ1) is 11.4. The standard InChI is InChI=1S/C13H20N2O/c1-15(12-6-4-8-16-10-12)13-7-3-2-5-11(13)9-14/h2-3,5,7,12H,4,6,8-10,14H2,1H3. The Morgan fingerprint density at radius 3 is 2.94 bits per heavy atom. The van der Waals surface area contributed by atoms with Crippen LogP contribution in [-0.4, -0.2) is 26.3 Å². The maximum absolute atomic E-state index is 5.76. The van der Waals surface area contributed by atoms with Gasteiger partial charge in [-0.2, -0.15) is 0 Å². The van der Waals surface area contributed by atoms with Gasteiger partial charge >= 0.3 is 0 Å². The summed E-state index contributed by atoms with van der Waals surface area (Å²) in [6.45, 7) is 2.33. The summed E-state index contributed by atoms with van der Waals surface area (Å²) in [6, 6.07) is 8.82. The summed E-state index contributed by atoms with van der Waals surface area (Å²) in [5.41, 5.74) is 8.20. The summed E-state index contributed by atoms with van der Waals surface area (Å²) in [5.74, 6) is 0. The van der Waals surface area contributed by atoms with Gasteiger partial charge in [-0.25, -0.2) is 0 Å². The fraction of sp³-hybridized carbons (Fsp3) is 0.538. The molecular formula is C13H20N2O. The molecule has 1 atom stereocenters. The van der Waals surface area contributed by atoms with Crippen LogP contribution < -0.4 is 10.6 Å². The maximum atomic E-state index is 5.76. The highest BCUT2D eigenvalue weighted by Gasteiger charge is 2.19. The topological polar surface area (TPSA) is 38.5 Å². The molecule has 0 bridgehead atoms. The number of hydrogen-bond acceptors (Lipinski definition) is 3. The zero-order chi connectivity index (χ0) is 11.4. The first-order valence-corrected chi connectivity index (χ1v) is 5.91. The second-order valence-corrected chi connectivity index (χ2v) is 4.31. The van der Waals surface area contributed by atoms with E-state index >= 15 is 0 Å². The number of para-hydroxylation sites is 1. The third kappa shape index (κ3) is 2.36. The molecule has 1 fully saturated rings. The van der Waals surface area contributed by atoms with Crippen LogP contribution in [0.1, 0.15) is 18.4 Å². The van der Waals surface area contributed by atoms with Crippen LogP contribution in [0.3, 0.4) is 0 Å². The predicted molar refractivity (Wildman–Crippen MR) is 66.6 cm³/mol.